The number of anilines is 2. The highest BCUT2D eigenvalue weighted by molar-refractivity contribution is 6.00. The quantitative estimate of drug-likeness (QED) is 0.333. The summed E-state index contributed by atoms with van der Waals surface area (Å²) in [6.45, 7) is 16.8. The van der Waals surface area contributed by atoms with Gasteiger partial charge in [0.25, 0.3) is 0 Å². The number of nitrogens with zero attached hydrogens (tertiary/aromatic N) is 1. The Morgan fingerprint density at radius 2 is 1.48 bits per heavy atom. The second-order valence-corrected chi connectivity index (χ2v) is 9.06. The second kappa shape index (κ2) is 15.1. The number of allylic oxidation sites excluding steroid dienone is 10. The third kappa shape index (κ3) is 6.71. The van der Waals surface area contributed by atoms with Crippen LogP contribution in [0.3, 0.4) is 0 Å². The van der Waals surface area contributed by atoms with Crippen LogP contribution in [0.25, 0.3) is 27.8 Å². The summed E-state index contributed by atoms with van der Waals surface area (Å²) in [6.07, 6.45) is 18.3. The lowest BCUT2D eigenvalue weighted by atomic mass is 9.91. The fourth-order valence-corrected chi connectivity index (χ4v) is 4.91. The zero-order valence-electron chi connectivity index (χ0n) is 24.6. The summed E-state index contributed by atoms with van der Waals surface area (Å²) in [5.41, 5.74) is 12.2. The average molecular weight is 527 g/mol. The summed E-state index contributed by atoms with van der Waals surface area (Å²) in [5, 5.41) is 3.13. The van der Waals surface area contributed by atoms with Gasteiger partial charge in [-0.15, -0.1) is 0 Å². The van der Waals surface area contributed by atoms with Crippen LogP contribution in [0.2, 0.25) is 0 Å². The molecule has 0 amide bonds. The van der Waals surface area contributed by atoms with Crippen LogP contribution < -0.4 is 10.2 Å². The van der Waals surface area contributed by atoms with Crippen LogP contribution in [0.5, 0.6) is 0 Å². The number of benzene rings is 3. The fraction of sp³-hybridized carbons (Fsp3) is 0.158. The number of rotatable bonds is 5. The van der Waals surface area contributed by atoms with Gasteiger partial charge in [0.05, 0.1) is 0 Å². The highest BCUT2D eigenvalue weighted by atomic mass is 15.1. The van der Waals surface area contributed by atoms with Crippen LogP contribution in [0.15, 0.2) is 146 Å². The van der Waals surface area contributed by atoms with Crippen molar-refractivity contribution in [1.29, 1.82) is 0 Å². The molecule has 2 heteroatoms. The number of nitrogens with one attached hydrogen (secondary N) is 1. The van der Waals surface area contributed by atoms with Crippen LogP contribution >= 0.6 is 0 Å². The smallest absolute Gasteiger partial charge is 0.0488 e. The standard InChI is InChI=1S/C25H21N.C11H15N.C2H6/c1-4-10-18(5-2)19-15-16-20-21-11-6-8-13-24(21)26(3)25-14-9-7-12-22(25)23(20)17-19;1-3-5-10(4-2)11-6-8-12-9-7-11;1-2/h4-17H,1-2H2,3H3;3-8,12H,9H2,1-2H3;1-2H3/b18-10+;5-3-,10-4+;. The van der Waals surface area contributed by atoms with Gasteiger partial charge in [-0.25, -0.2) is 0 Å². The van der Waals surface area contributed by atoms with Crippen molar-refractivity contribution in [3.8, 4) is 22.3 Å². The Hall–Kier alpha value is -4.56. The summed E-state index contributed by atoms with van der Waals surface area (Å²) in [6, 6.07) is 23.8. The lowest BCUT2D eigenvalue weighted by Gasteiger charge is -2.21. The minimum atomic E-state index is 0.931. The van der Waals surface area contributed by atoms with Crippen LogP contribution in [0, 0.1) is 0 Å². The zero-order chi connectivity index (χ0) is 28.9. The summed E-state index contributed by atoms with van der Waals surface area (Å²) in [7, 11) is 2.14. The maximum atomic E-state index is 3.95. The van der Waals surface area contributed by atoms with Crippen molar-refractivity contribution in [1.82, 2.24) is 5.32 Å². The van der Waals surface area contributed by atoms with E-state index in [2.05, 4.69) is 134 Å². The first kappa shape index (κ1) is 30.0. The van der Waals surface area contributed by atoms with Gasteiger partial charge in [0.2, 0.25) is 0 Å². The molecular formula is C38H42N2. The van der Waals surface area contributed by atoms with Crippen molar-refractivity contribution in [2.75, 3.05) is 18.5 Å². The molecule has 2 heterocycles. The zero-order valence-corrected chi connectivity index (χ0v) is 24.6. The number of fused-ring (bicyclic) bond motifs is 5. The number of para-hydroxylation sites is 2. The molecule has 0 radical (unpaired) electrons. The Labute approximate surface area is 241 Å². The first-order valence-corrected chi connectivity index (χ1v) is 14.0. The van der Waals surface area contributed by atoms with Crippen LogP contribution in [-0.4, -0.2) is 13.6 Å². The predicted octanol–water partition coefficient (Wildman–Crippen LogP) is 10.4. The molecule has 40 heavy (non-hydrogen) atoms. The van der Waals surface area contributed by atoms with E-state index in [4.69, 9.17) is 0 Å². The van der Waals surface area contributed by atoms with E-state index in [0.29, 0.717) is 0 Å². The van der Waals surface area contributed by atoms with E-state index in [-0.39, 0.29) is 0 Å². The first-order chi connectivity index (χ1) is 19.6. The Kier molecular flexibility index (Phi) is 11.3. The minimum Gasteiger partial charge on any atom is -0.387 e. The Bertz CT molecular complexity index is 1470. The molecule has 0 aliphatic carbocycles. The fourth-order valence-electron chi connectivity index (χ4n) is 4.91. The molecule has 0 aromatic heterocycles. The molecule has 0 saturated heterocycles. The van der Waals surface area contributed by atoms with Crippen LogP contribution in [0.1, 0.15) is 33.3 Å². The van der Waals surface area contributed by atoms with Gasteiger partial charge in [0.1, 0.15) is 0 Å². The van der Waals surface area contributed by atoms with E-state index in [9.17, 15) is 0 Å². The summed E-state index contributed by atoms with van der Waals surface area (Å²) < 4.78 is 0. The molecule has 0 fully saturated rings. The average Bonchev–Trinajstić information content (AvgIpc) is 3.13. The van der Waals surface area contributed by atoms with E-state index in [1.807, 2.05) is 39.1 Å². The second-order valence-electron chi connectivity index (χ2n) is 9.06. The molecule has 0 atom stereocenters. The number of hydrogen-bond donors (Lipinski definition) is 1. The molecular weight excluding hydrogens is 484 g/mol. The molecule has 2 nitrogen and oxygen atoms in total. The molecule has 2 aliphatic rings. The maximum absolute atomic E-state index is 3.95. The van der Waals surface area contributed by atoms with Gasteiger partial charge in [0, 0.05) is 36.1 Å². The molecule has 1 N–H and O–H groups in total. The van der Waals surface area contributed by atoms with Gasteiger partial charge >= 0.3 is 0 Å². The molecule has 3 aromatic carbocycles. The summed E-state index contributed by atoms with van der Waals surface area (Å²) in [4.78, 5) is 2.28. The topological polar surface area (TPSA) is 15.3 Å². The van der Waals surface area contributed by atoms with Gasteiger partial charge in [-0.05, 0) is 77.7 Å². The van der Waals surface area contributed by atoms with E-state index in [0.717, 1.165) is 17.7 Å². The maximum Gasteiger partial charge on any atom is 0.0488 e. The molecule has 2 aliphatic heterocycles. The van der Waals surface area contributed by atoms with Crippen molar-refractivity contribution < 1.29 is 0 Å². The Morgan fingerprint density at radius 3 is 2.02 bits per heavy atom. The lowest BCUT2D eigenvalue weighted by molar-refractivity contribution is 0.961. The third-order valence-corrected chi connectivity index (χ3v) is 6.79. The molecule has 0 spiro atoms. The van der Waals surface area contributed by atoms with Crippen molar-refractivity contribution in [2.24, 2.45) is 0 Å². The van der Waals surface area contributed by atoms with E-state index in [1.54, 1.807) is 6.08 Å². The molecule has 0 saturated carbocycles. The first-order valence-electron chi connectivity index (χ1n) is 14.0. The number of dihydropyridines is 1. The van der Waals surface area contributed by atoms with Crippen LogP contribution in [-0.2, 0) is 0 Å². The van der Waals surface area contributed by atoms with Crippen molar-refractivity contribution in [2.45, 2.75) is 27.7 Å². The van der Waals surface area contributed by atoms with Gasteiger partial charge in [0.15, 0.2) is 0 Å². The molecule has 5 rings (SSSR count). The molecule has 204 valence electrons. The molecule has 0 unspecified atom stereocenters. The molecule has 0 bridgehead atoms. The summed E-state index contributed by atoms with van der Waals surface area (Å²) in [5.74, 6) is 0. The van der Waals surface area contributed by atoms with Gasteiger partial charge in [-0.3, -0.25) is 0 Å². The van der Waals surface area contributed by atoms with Crippen LogP contribution in [0.4, 0.5) is 11.4 Å². The third-order valence-electron chi connectivity index (χ3n) is 6.79. The highest BCUT2D eigenvalue weighted by Gasteiger charge is 2.22. The SMILES string of the molecule is C/C=C\C(=C/C)C1=CCNC=C1.C=C/C=C(\C=C)c1ccc2c(c1)-c1ccccc1N(C)c1ccccc1-2.CC. The Morgan fingerprint density at radius 1 is 0.825 bits per heavy atom. The molecule has 3 aromatic rings. The van der Waals surface area contributed by atoms with Gasteiger partial charge < -0.3 is 10.2 Å². The van der Waals surface area contributed by atoms with Gasteiger partial charge in [-0.1, -0.05) is 118 Å². The normalized spacial score (nSPS) is 13.6. The van der Waals surface area contributed by atoms with E-state index < -0.39 is 0 Å². The highest BCUT2D eigenvalue weighted by Crippen LogP contribution is 2.47. The minimum absolute atomic E-state index is 0.931. The lowest BCUT2D eigenvalue weighted by Crippen LogP contribution is -2.09. The number of hydrogen-bond acceptors (Lipinski definition) is 2. The summed E-state index contributed by atoms with van der Waals surface area (Å²) >= 11 is 0. The largest absolute Gasteiger partial charge is 0.387 e. The Balaban J connectivity index is 0.000000265. The predicted molar refractivity (Wildman–Crippen MR) is 179 cm³/mol. The van der Waals surface area contributed by atoms with Crippen molar-refractivity contribution in [3.05, 3.63) is 151 Å². The monoisotopic (exact) mass is 526 g/mol. The van der Waals surface area contributed by atoms with Crippen molar-refractivity contribution >= 4 is 16.9 Å². The van der Waals surface area contributed by atoms with E-state index >= 15 is 0 Å². The van der Waals surface area contributed by atoms with Crippen molar-refractivity contribution in [3.63, 3.8) is 0 Å². The van der Waals surface area contributed by atoms with E-state index in [1.165, 1.54) is 44.8 Å². The van der Waals surface area contributed by atoms with Gasteiger partial charge in [-0.2, -0.15) is 0 Å².